The van der Waals surface area contributed by atoms with Crippen LogP contribution >= 0.6 is 0 Å². The lowest BCUT2D eigenvalue weighted by Gasteiger charge is -2.13. The van der Waals surface area contributed by atoms with E-state index in [1.54, 1.807) is 0 Å². The van der Waals surface area contributed by atoms with Gasteiger partial charge in [-0.1, -0.05) is 30.3 Å². The average Bonchev–Trinajstić information content (AvgIpc) is 2.88. The largest absolute Gasteiger partial charge is 0.428 e. The quantitative estimate of drug-likeness (QED) is 0.775. The van der Waals surface area contributed by atoms with Gasteiger partial charge in [-0.3, -0.25) is 0 Å². The second-order valence-electron chi connectivity index (χ2n) is 4.02. The summed E-state index contributed by atoms with van der Waals surface area (Å²) in [5, 5.41) is 11.0. The molecule has 0 saturated heterocycles. The molecule has 0 spiro atoms. The molecule has 1 heterocycles. The molecule has 4 nitrogen and oxygen atoms in total. The Balaban J connectivity index is 1.68. The molecule has 0 saturated carbocycles. The van der Waals surface area contributed by atoms with Crippen molar-refractivity contribution in [2.45, 2.75) is 25.8 Å². The molecule has 0 aliphatic carbocycles. The van der Waals surface area contributed by atoms with E-state index in [1.165, 1.54) is 12.0 Å². The minimum Gasteiger partial charge on any atom is -0.428 e. The van der Waals surface area contributed by atoms with Crippen LogP contribution in [-0.4, -0.2) is 16.7 Å². The van der Waals surface area contributed by atoms with E-state index in [9.17, 15) is 0 Å². The molecule has 1 atom stereocenters. The van der Waals surface area contributed by atoms with Gasteiger partial charge >= 0.3 is 0 Å². The Labute approximate surface area is 101 Å². The lowest BCUT2D eigenvalue weighted by Crippen LogP contribution is -2.20. The number of benzene rings is 1. The van der Waals surface area contributed by atoms with E-state index in [-0.39, 0.29) is 0 Å². The van der Waals surface area contributed by atoms with Crippen LogP contribution in [0.1, 0.15) is 30.8 Å². The standard InChI is InChI=1S/C13H17N3O/c1-11(12-6-3-2-4-7-12)14-9-5-8-13-16-15-10-17-13/h2-4,6-7,10-11,14H,5,8-9H2,1H3. The van der Waals surface area contributed by atoms with Gasteiger partial charge in [-0.15, -0.1) is 10.2 Å². The zero-order valence-corrected chi connectivity index (χ0v) is 9.97. The van der Waals surface area contributed by atoms with Crippen molar-refractivity contribution in [2.24, 2.45) is 0 Å². The Kier molecular flexibility index (Phi) is 4.27. The SMILES string of the molecule is CC(NCCCc1nnco1)c1ccccc1. The number of hydrogen-bond acceptors (Lipinski definition) is 4. The Bertz CT molecular complexity index is 413. The van der Waals surface area contributed by atoms with Crippen LogP contribution in [0.4, 0.5) is 0 Å². The van der Waals surface area contributed by atoms with Crippen molar-refractivity contribution in [1.82, 2.24) is 15.5 Å². The highest BCUT2D eigenvalue weighted by molar-refractivity contribution is 5.17. The monoisotopic (exact) mass is 231 g/mol. The highest BCUT2D eigenvalue weighted by Gasteiger charge is 2.03. The first-order chi connectivity index (χ1) is 8.36. The predicted molar refractivity (Wildman–Crippen MR) is 65.5 cm³/mol. The van der Waals surface area contributed by atoms with Gasteiger partial charge in [-0.25, -0.2) is 0 Å². The molecule has 0 radical (unpaired) electrons. The highest BCUT2D eigenvalue weighted by atomic mass is 16.4. The highest BCUT2D eigenvalue weighted by Crippen LogP contribution is 2.10. The van der Waals surface area contributed by atoms with Gasteiger partial charge in [0.05, 0.1) is 0 Å². The maximum absolute atomic E-state index is 5.08. The van der Waals surface area contributed by atoms with Crippen molar-refractivity contribution in [1.29, 1.82) is 0 Å². The van der Waals surface area contributed by atoms with E-state index in [1.807, 2.05) is 6.07 Å². The van der Waals surface area contributed by atoms with Crippen molar-refractivity contribution in [3.63, 3.8) is 0 Å². The van der Waals surface area contributed by atoms with Crippen LogP contribution in [-0.2, 0) is 6.42 Å². The molecule has 1 N–H and O–H groups in total. The number of hydrogen-bond donors (Lipinski definition) is 1. The fourth-order valence-corrected chi connectivity index (χ4v) is 1.72. The average molecular weight is 231 g/mol. The summed E-state index contributed by atoms with van der Waals surface area (Å²) >= 11 is 0. The Morgan fingerprint density at radius 3 is 2.82 bits per heavy atom. The van der Waals surface area contributed by atoms with Crippen LogP contribution in [0.3, 0.4) is 0 Å². The summed E-state index contributed by atoms with van der Waals surface area (Å²) in [6.45, 7) is 3.11. The van der Waals surface area contributed by atoms with Crippen molar-refractivity contribution < 1.29 is 4.42 Å². The molecule has 1 unspecified atom stereocenters. The van der Waals surface area contributed by atoms with Gasteiger partial charge in [0.15, 0.2) is 0 Å². The summed E-state index contributed by atoms with van der Waals surface area (Å²) in [6, 6.07) is 10.8. The summed E-state index contributed by atoms with van der Waals surface area (Å²) < 4.78 is 5.08. The lowest BCUT2D eigenvalue weighted by atomic mass is 10.1. The molecule has 0 bridgehead atoms. The molecule has 0 fully saturated rings. The third kappa shape index (κ3) is 3.67. The van der Waals surface area contributed by atoms with Crippen LogP contribution in [0.25, 0.3) is 0 Å². The zero-order chi connectivity index (χ0) is 11.9. The molecule has 2 rings (SSSR count). The minimum atomic E-state index is 0.374. The predicted octanol–water partition coefficient (Wildman–Crippen LogP) is 2.35. The first kappa shape index (κ1) is 11.8. The fourth-order valence-electron chi connectivity index (χ4n) is 1.72. The maximum Gasteiger partial charge on any atom is 0.216 e. The first-order valence-corrected chi connectivity index (χ1v) is 5.89. The fraction of sp³-hybridized carbons (Fsp3) is 0.385. The summed E-state index contributed by atoms with van der Waals surface area (Å²) in [4.78, 5) is 0. The second-order valence-corrected chi connectivity index (χ2v) is 4.02. The van der Waals surface area contributed by atoms with Gasteiger partial charge in [0, 0.05) is 12.5 Å². The zero-order valence-electron chi connectivity index (χ0n) is 9.97. The summed E-state index contributed by atoms with van der Waals surface area (Å²) in [5.41, 5.74) is 1.31. The Morgan fingerprint density at radius 2 is 2.12 bits per heavy atom. The van der Waals surface area contributed by atoms with Gasteiger partial charge in [-0.05, 0) is 25.5 Å². The number of nitrogens with one attached hydrogen (secondary N) is 1. The van der Waals surface area contributed by atoms with E-state index in [0.717, 1.165) is 19.4 Å². The van der Waals surface area contributed by atoms with Gasteiger partial charge < -0.3 is 9.73 Å². The molecule has 0 aliphatic heterocycles. The van der Waals surface area contributed by atoms with Crippen molar-refractivity contribution in [3.8, 4) is 0 Å². The van der Waals surface area contributed by atoms with Crippen LogP contribution in [0, 0.1) is 0 Å². The summed E-state index contributed by atoms with van der Waals surface area (Å²) in [6.07, 6.45) is 3.20. The van der Waals surface area contributed by atoms with E-state index in [2.05, 4.69) is 46.7 Å². The Hall–Kier alpha value is -1.68. The molecule has 1 aromatic carbocycles. The molecule has 2 aromatic rings. The van der Waals surface area contributed by atoms with E-state index < -0.39 is 0 Å². The smallest absolute Gasteiger partial charge is 0.216 e. The van der Waals surface area contributed by atoms with Crippen LogP contribution in [0.2, 0.25) is 0 Å². The summed E-state index contributed by atoms with van der Waals surface area (Å²) in [7, 11) is 0. The third-order valence-electron chi connectivity index (χ3n) is 2.72. The normalized spacial score (nSPS) is 12.5. The van der Waals surface area contributed by atoms with Crippen LogP contribution in [0.5, 0.6) is 0 Å². The van der Waals surface area contributed by atoms with Gasteiger partial charge in [0.2, 0.25) is 12.3 Å². The lowest BCUT2D eigenvalue weighted by molar-refractivity contribution is 0.473. The molecule has 0 amide bonds. The number of aromatic nitrogens is 2. The van der Waals surface area contributed by atoms with E-state index >= 15 is 0 Å². The maximum atomic E-state index is 5.08. The molecule has 4 heteroatoms. The van der Waals surface area contributed by atoms with E-state index in [4.69, 9.17) is 4.42 Å². The number of nitrogens with zero attached hydrogens (tertiary/aromatic N) is 2. The molecule has 90 valence electrons. The number of aryl methyl sites for hydroxylation is 1. The second kappa shape index (κ2) is 6.15. The third-order valence-corrected chi connectivity index (χ3v) is 2.72. The topological polar surface area (TPSA) is 51.0 Å². The van der Waals surface area contributed by atoms with E-state index in [0.29, 0.717) is 11.9 Å². The van der Waals surface area contributed by atoms with Crippen molar-refractivity contribution in [2.75, 3.05) is 6.54 Å². The molecular formula is C13H17N3O. The van der Waals surface area contributed by atoms with Gasteiger partial charge in [-0.2, -0.15) is 0 Å². The number of rotatable bonds is 6. The van der Waals surface area contributed by atoms with Crippen molar-refractivity contribution in [3.05, 3.63) is 48.2 Å². The van der Waals surface area contributed by atoms with Gasteiger partial charge in [0.1, 0.15) is 0 Å². The molecule has 17 heavy (non-hydrogen) atoms. The molecular weight excluding hydrogens is 214 g/mol. The van der Waals surface area contributed by atoms with Crippen molar-refractivity contribution >= 4 is 0 Å². The summed E-state index contributed by atoms with van der Waals surface area (Å²) in [5.74, 6) is 0.708. The van der Waals surface area contributed by atoms with Gasteiger partial charge in [0.25, 0.3) is 0 Å². The molecule has 1 aromatic heterocycles. The van der Waals surface area contributed by atoms with Crippen LogP contribution in [0.15, 0.2) is 41.1 Å². The first-order valence-electron chi connectivity index (χ1n) is 5.89. The Morgan fingerprint density at radius 1 is 1.29 bits per heavy atom. The molecule has 0 aliphatic rings. The van der Waals surface area contributed by atoms with Crippen LogP contribution < -0.4 is 5.32 Å². The minimum absolute atomic E-state index is 0.374.